The molecule has 6 heteroatoms. The lowest BCUT2D eigenvalue weighted by Gasteiger charge is -2.35. The Bertz CT molecular complexity index is 801. The van der Waals surface area contributed by atoms with Gasteiger partial charge in [-0.05, 0) is 31.0 Å². The first kappa shape index (κ1) is 19.8. The second-order valence-electron chi connectivity index (χ2n) is 7.38. The van der Waals surface area contributed by atoms with E-state index in [1.54, 1.807) is 0 Å². The van der Waals surface area contributed by atoms with Crippen molar-refractivity contribution in [3.05, 3.63) is 51.9 Å². The monoisotopic (exact) mass is 430 g/mol. The summed E-state index contributed by atoms with van der Waals surface area (Å²) >= 11 is 3.48. The highest BCUT2D eigenvalue weighted by Crippen LogP contribution is 2.19. The van der Waals surface area contributed by atoms with Crippen LogP contribution in [0.2, 0.25) is 0 Å². The first-order chi connectivity index (χ1) is 12.9. The number of hydrogen-bond donors (Lipinski definition) is 0. The van der Waals surface area contributed by atoms with Gasteiger partial charge < -0.3 is 9.80 Å². The topological polar surface area (TPSA) is 49.3 Å². The number of amides is 1. The standard InChI is InChI=1S/C21H27BrN4O/c1-15(2)21-23-16(3)13-19(24-21)25-9-11-26(12-10-25)20(27)8-7-17-5-4-6-18(22)14-17/h4-6,13-15H,7-12H2,1-3H3. The molecule has 3 rings (SSSR count). The second kappa shape index (κ2) is 8.83. The van der Waals surface area contributed by atoms with Gasteiger partial charge in [0.2, 0.25) is 5.91 Å². The number of hydrogen-bond acceptors (Lipinski definition) is 4. The summed E-state index contributed by atoms with van der Waals surface area (Å²) < 4.78 is 1.06. The van der Waals surface area contributed by atoms with E-state index in [0.29, 0.717) is 12.3 Å². The predicted octanol–water partition coefficient (Wildman–Crippen LogP) is 3.95. The number of rotatable bonds is 5. The van der Waals surface area contributed by atoms with E-state index < -0.39 is 0 Å². The molecule has 144 valence electrons. The molecule has 1 amide bonds. The van der Waals surface area contributed by atoms with E-state index >= 15 is 0 Å². The van der Waals surface area contributed by atoms with Crippen molar-refractivity contribution in [3.8, 4) is 0 Å². The fourth-order valence-electron chi connectivity index (χ4n) is 3.28. The zero-order chi connectivity index (χ0) is 19.4. The Morgan fingerprint density at radius 1 is 1.15 bits per heavy atom. The van der Waals surface area contributed by atoms with Crippen LogP contribution in [0.3, 0.4) is 0 Å². The Balaban J connectivity index is 1.55. The Labute approximate surface area is 169 Å². The van der Waals surface area contributed by atoms with E-state index in [9.17, 15) is 4.79 Å². The molecule has 1 aliphatic rings. The molecule has 0 unspecified atom stereocenters. The molecule has 1 aliphatic heterocycles. The van der Waals surface area contributed by atoms with Crippen LogP contribution in [0.1, 0.15) is 43.3 Å². The van der Waals surface area contributed by atoms with Gasteiger partial charge in [-0.2, -0.15) is 0 Å². The Kier molecular flexibility index (Phi) is 6.47. The molecule has 1 fully saturated rings. The van der Waals surface area contributed by atoms with Crippen LogP contribution >= 0.6 is 15.9 Å². The third-order valence-electron chi connectivity index (χ3n) is 4.85. The highest BCUT2D eigenvalue weighted by atomic mass is 79.9. The van der Waals surface area contributed by atoms with Crippen molar-refractivity contribution in [2.75, 3.05) is 31.1 Å². The lowest BCUT2D eigenvalue weighted by atomic mass is 10.1. The third kappa shape index (κ3) is 5.28. The van der Waals surface area contributed by atoms with Gasteiger partial charge in [0.05, 0.1) is 0 Å². The predicted molar refractivity (Wildman–Crippen MR) is 112 cm³/mol. The number of carbonyl (C=O) groups is 1. The molecule has 0 spiro atoms. The van der Waals surface area contributed by atoms with Gasteiger partial charge in [-0.15, -0.1) is 0 Å². The molecule has 5 nitrogen and oxygen atoms in total. The summed E-state index contributed by atoms with van der Waals surface area (Å²) in [6.07, 6.45) is 1.34. The highest BCUT2D eigenvalue weighted by molar-refractivity contribution is 9.10. The summed E-state index contributed by atoms with van der Waals surface area (Å²) in [6, 6.07) is 10.2. The van der Waals surface area contributed by atoms with Crippen LogP contribution in [-0.2, 0) is 11.2 Å². The average Bonchev–Trinajstić information content (AvgIpc) is 2.66. The quantitative estimate of drug-likeness (QED) is 0.720. The number of piperazine rings is 1. The molecule has 27 heavy (non-hydrogen) atoms. The van der Waals surface area contributed by atoms with E-state index in [1.807, 2.05) is 30.0 Å². The van der Waals surface area contributed by atoms with E-state index in [4.69, 9.17) is 4.98 Å². The molecule has 2 heterocycles. The smallest absolute Gasteiger partial charge is 0.223 e. The maximum Gasteiger partial charge on any atom is 0.223 e. The molecule has 1 aromatic heterocycles. The Morgan fingerprint density at radius 2 is 1.89 bits per heavy atom. The van der Waals surface area contributed by atoms with Crippen molar-refractivity contribution >= 4 is 27.7 Å². The van der Waals surface area contributed by atoms with E-state index in [0.717, 1.165) is 54.4 Å². The van der Waals surface area contributed by atoms with Gasteiger partial charge in [-0.25, -0.2) is 9.97 Å². The zero-order valence-electron chi connectivity index (χ0n) is 16.3. The maximum absolute atomic E-state index is 12.6. The van der Waals surface area contributed by atoms with Crippen molar-refractivity contribution in [3.63, 3.8) is 0 Å². The Hall–Kier alpha value is -1.95. The summed E-state index contributed by atoms with van der Waals surface area (Å²) in [7, 11) is 0. The third-order valence-corrected chi connectivity index (χ3v) is 5.34. The lowest BCUT2D eigenvalue weighted by Crippen LogP contribution is -2.49. The summed E-state index contributed by atoms with van der Waals surface area (Å²) in [5.74, 6) is 2.41. The fourth-order valence-corrected chi connectivity index (χ4v) is 3.73. The average molecular weight is 431 g/mol. The molecule has 0 radical (unpaired) electrons. The Morgan fingerprint density at radius 3 is 2.56 bits per heavy atom. The minimum Gasteiger partial charge on any atom is -0.353 e. The molecule has 2 aromatic rings. The van der Waals surface area contributed by atoms with Gasteiger partial charge in [-0.3, -0.25) is 4.79 Å². The molecular formula is C21H27BrN4O. The van der Waals surface area contributed by atoms with Crippen LogP contribution in [0.25, 0.3) is 0 Å². The molecular weight excluding hydrogens is 404 g/mol. The van der Waals surface area contributed by atoms with Crippen LogP contribution < -0.4 is 4.90 Å². The molecule has 0 aliphatic carbocycles. The lowest BCUT2D eigenvalue weighted by molar-refractivity contribution is -0.131. The number of nitrogens with zero attached hydrogens (tertiary/aromatic N) is 4. The van der Waals surface area contributed by atoms with Crippen molar-refractivity contribution in [1.29, 1.82) is 0 Å². The number of carbonyl (C=O) groups excluding carboxylic acids is 1. The van der Waals surface area contributed by atoms with Gasteiger partial charge in [0.25, 0.3) is 0 Å². The molecule has 0 saturated carbocycles. The minimum absolute atomic E-state index is 0.233. The van der Waals surface area contributed by atoms with Gasteiger partial charge in [-0.1, -0.05) is 41.9 Å². The summed E-state index contributed by atoms with van der Waals surface area (Å²) in [4.78, 5) is 26.1. The van der Waals surface area contributed by atoms with Crippen molar-refractivity contribution in [1.82, 2.24) is 14.9 Å². The van der Waals surface area contributed by atoms with Crippen LogP contribution in [0.15, 0.2) is 34.8 Å². The largest absolute Gasteiger partial charge is 0.353 e. The van der Waals surface area contributed by atoms with Crippen LogP contribution in [0, 0.1) is 6.92 Å². The summed E-state index contributed by atoms with van der Waals surface area (Å²) in [5, 5.41) is 0. The number of halogens is 1. The minimum atomic E-state index is 0.233. The SMILES string of the molecule is Cc1cc(N2CCN(C(=O)CCc3cccc(Br)c3)CC2)nc(C(C)C)n1. The van der Waals surface area contributed by atoms with E-state index in [1.165, 1.54) is 5.56 Å². The van der Waals surface area contributed by atoms with Crippen LogP contribution in [0.4, 0.5) is 5.82 Å². The number of aryl methyl sites for hydroxylation is 2. The summed E-state index contributed by atoms with van der Waals surface area (Å²) in [6.45, 7) is 9.36. The summed E-state index contributed by atoms with van der Waals surface area (Å²) in [5.41, 5.74) is 2.19. The molecule has 0 bridgehead atoms. The molecule has 1 saturated heterocycles. The number of anilines is 1. The van der Waals surface area contributed by atoms with Gasteiger partial charge in [0.1, 0.15) is 11.6 Å². The van der Waals surface area contributed by atoms with Gasteiger partial charge in [0.15, 0.2) is 0 Å². The highest BCUT2D eigenvalue weighted by Gasteiger charge is 2.22. The molecule has 1 aromatic carbocycles. The first-order valence-electron chi connectivity index (χ1n) is 9.55. The first-order valence-corrected chi connectivity index (χ1v) is 10.3. The number of aromatic nitrogens is 2. The van der Waals surface area contributed by atoms with Crippen molar-refractivity contribution < 1.29 is 4.79 Å². The van der Waals surface area contributed by atoms with E-state index in [-0.39, 0.29) is 5.91 Å². The number of benzene rings is 1. The van der Waals surface area contributed by atoms with Gasteiger partial charge in [0, 0.05) is 54.8 Å². The molecule has 0 atom stereocenters. The van der Waals surface area contributed by atoms with Crippen LogP contribution in [-0.4, -0.2) is 47.0 Å². The van der Waals surface area contributed by atoms with Crippen molar-refractivity contribution in [2.45, 2.75) is 39.5 Å². The van der Waals surface area contributed by atoms with Crippen LogP contribution in [0.5, 0.6) is 0 Å². The van der Waals surface area contributed by atoms with E-state index in [2.05, 4.69) is 51.8 Å². The van der Waals surface area contributed by atoms with Gasteiger partial charge >= 0.3 is 0 Å². The zero-order valence-corrected chi connectivity index (χ0v) is 17.9. The second-order valence-corrected chi connectivity index (χ2v) is 8.29. The van der Waals surface area contributed by atoms with Crippen molar-refractivity contribution in [2.24, 2.45) is 0 Å². The fraction of sp³-hybridized carbons (Fsp3) is 0.476. The maximum atomic E-state index is 12.6. The molecule has 0 N–H and O–H groups in total. The normalized spacial score (nSPS) is 14.7.